The number of aromatic amines is 1. The zero-order valence-electron chi connectivity index (χ0n) is 18.5. The third-order valence-corrected chi connectivity index (χ3v) is 8.43. The predicted octanol–water partition coefficient (Wildman–Crippen LogP) is 5.99. The van der Waals surface area contributed by atoms with E-state index in [1.165, 1.54) is 25.0 Å². The van der Waals surface area contributed by atoms with Crippen LogP contribution >= 0.6 is 0 Å². The number of piperidine rings is 1. The molecule has 170 valence electrons. The normalized spacial score (nSPS) is 29.0. The molecular weight excluding hydrogens is 401 g/mol. The van der Waals surface area contributed by atoms with E-state index in [0.29, 0.717) is 17.3 Å². The molecule has 3 nitrogen and oxygen atoms in total. The third kappa shape index (κ3) is 4.02. The summed E-state index contributed by atoms with van der Waals surface area (Å²) in [6, 6.07) is 4.16. The molecule has 0 amide bonds. The minimum Gasteiger partial charge on any atom is -0.381 e. The maximum absolute atomic E-state index is 13.3. The average molecular weight is 435 g/mol. The van der Waals surface area contributed by atoms with Crippen molar-refractivity contribution in [1.29, 1.82) is 0 Å². The van der Waals surface area contributed by atoms with E-state index >= 15 is 0 Å². The van der Waals surface area contributed by atoms with Crippen LogP contribution in [0.15, 0.2) is 18.2 Å². The second kappa shape index (κ2) is 7.80. The van der Waals surface area contributed by atoms with Gasteiger partial charge >= 0.3 is 6.18 Å². The molecule has 3 aliphatic rings. The van der Waals surface area contributed by atoms with Crippen LogP contribution in [0.5, 0.6) is 0 Å². The summed E-state index contributed by atoms with van der Waals surface area (Å²) in [7, 11) is 0. The van der Waals surface area contributed by atoms with E-state index in [2.05, 4.69) is 23.7 Å². The predicted molar refractivity (Wildman–Crippen MR) is 116 cm³/mol. The van der Waals surface area contributed by atoms with Gasteiger partial charge in [-0.2, -0.15) is 13.2 Å². The Morgan fingerprint density at radius 3 is 2.74 bits per heavy atom. The second-order valence-electron chi connectivity index (χ2n) is 10.5. The number of ether oxygens (including phenoxy) is 1. The van der Waals surface area contributed by atoms with Gasteiger partial charge in [-0.3, -0.25) is 0 Å². The van der Waals surface area contributed by atoms with E-state index in [1.807, 2.05) is 0 Å². The second-order valence-corrected chi connectivity index (χ2v) is 10.5. The summed E-state index contributed by atoms with van der Waals surface area (Å²) in [5.41, 5.74) is 2.95. The zero-order valence-corrected chi connectivity index (χ0v) is 18.5. The first-order valence-electron chi connectivity index (χ1n) is 11.8. The molecule has 0 bridgehead atoms. The SMILES string of the molecule is C[C@H]1c2c([nH]c3ccc(C(F)(F)F)cc23)C[C@H]2CCN(CCC3(C)CCOCC3)C[C@@H]21. The number of nitrogens with one attached hydrogen (secondary N) is 1. The van der Waals surface area contributed by atoms with Crippen molar-refractivity contribution in [3.05, 3.63) is 35.0 Å². The number of hydrogen-bond donors (Lipinski definition) is 1. The first-order chi connectivity index (χ1) is 14.7. The largest absolute Gasteiger partial charge is 0.416 e. The molecule has 1 aromatic heterocycles. The highest BCUT2D eigenvalue weighted by Crippen LogP contribution is 2.47. The number of halogens is 3. The monoisotopic (exact) mass is 434 g/mol. The Morgan fingerprint density at radius 1 is 1.23 bits per heavy atom. The van der Waals surface area contributed by atoms with Gasteiger partial charge in [-0.25, -0.2) is 0 Å². The van der Waals surface area contributed by atoms with Gasteiger partial charge in [0, 0.05) is 36.4 Å². The first-order valence-corrected chi connectivity index (χ1v) is 11.8. The fourth-order valence-electron chi connectivity index (χ4n) is 6.27. The Hall–Kier alpha value is -1.53. The van der Waals surface area contributed by atoms with Gasteiger partial charge in [0.05, 0.1) is 5.56 Å². The van der Waals surface area contributed by atoms with Crippen LogP contribution in [0.25, 0.3) is 10.9 Å². The number of rotatable bonds is 3. The molecule has 2 fully saturated rings. The van der Waals surface area contributed by atoms with Crippen LogP contribution in [0.3, 0.4) is 0 Å². The molecule has 1 aliphatic carbocycles. The number of benzene rings is 1. The molecule has 0 unspecified atom stereocenters. The van der Waals surface area contributed by atoms with Crippen LogP contribution in [-0.2, 0) is 17.3 Å². The molecule has 3 heterocycles. The lowest BCUT2D eigenvalue weighted by Gasteiger charge is -2.45. The van der Waals surface area contributed by atoms with Crippen molar-refractivity contribution in [2.24, 2.45) is 17.3 Å². The number of nitrogens with zero attached hydrogens (tertiary/aromatic N) is 1. The summed E-state index contributed by atoms with van der Waals surface area (Å²) in [5.74, 6) is 1.40. The standard InChI is InChI=1S/C25H33F3N2O/c1-16-20-15-30(10-6-24(2)7-11-31-12-8-24)9-5-17(20)13-22-23(16)19-14-18(25(26,27)28)3-4-21(19)29-22/h3-4,14,16-17,20,29H,5-13,15H2,1-2H3/t16-,17-,20-/m1/s1. The van der Waals surface area contributed by atoms with Gasteiger partial charge in [0.15, 0.2) is 0 Å². The van der Waals surface area contributed by atoms with Crippen molar-refractivity contribution >= 4 is 10.9 Å². The number of fused-ring (bicyclic) bond motifs is 4. The van der Waals surface area contributed by atoms with Gasteiger partial charge in [-0.05, 0) is 92.1 Å². The summed E-state index contributed by atoms with van der Waals surface area (Å²) in [6.07, 6.45) is 1.32. The maximum atomic E-state index is 13.3. The van der Waals surface area contributed by atoms with Crippen molar-refractivity contribution in [3.63, 3.8) is 0 Å². The highest BCUT2D eigenvalue weighted by Gasteiger charge is 2.41. The Labute approximate surface area is 182 Å². The molecule has 1 aromatic carbocycles. The van der Waals surface area contributed by atoms with Crippen LogP contribution in [0.2, 0.25) is 0 Å². The van der Waals surface area contributed by atoms with E-state index < -0.39 is 11.7 Å². The summed E-state index contributed by atoms with van der Waals surface area (Å²) < 4.78 is 45.5. The Morgan fingerprint density at radius 2 is 2.00 bits per heavy atom. The fraction of sp³-hybridized carbons (Fsp3) is 0.680. The number of alkyl halides is 3. The van der Waals surface area contributed by atoms with Crippen LogP contribution in [0.4, 0.5) is 13.2 Å². The fourth-order valence-corrected chi connectivity index (χ4v) is 6.27. The summed E-state index contributed by atoms with van der Waals surface area (Å²) in [5, 5.41) is 0.766. The van der Waals surface area contributed by atoms with Gasteiger partial charge < -0.3 is 14.6 Å². The molecule has 0 saturated carbocycles. The van der Waals surface area contributed by atoms with E-state index in [9.17, 15) is 13.2 Å². The topological polar surface area (TPSA) is 28.3 Å². The summed E-state index contributed by atoms with van der Waals surface area (Å²) in [6.45, 7) is 9.68. The van der Waals surface area contributed by atoms with Crippen molar-refractivity contribution in [2.75, 3.05) is 32.8 Å². The van der Waals surface area contributed by atoms with Crippen LogP contribution in [0.1, 0.15) is 62.3 Å². The molecule has 2 saturated heterocycles. The maximum Gasteiger partial charge on any atom is 0.416 e. The molecule has 2 aromatic rings. The van der Waals surface area contributed by atoms with E-state index in [0.717, 1.165) is 74.3 Å². The van der Waals surface area contributed by atoms with Crippen molar-refractivity contribution in [1.82, 2.24) is 9.88 Å². The smallest absolute Gasteiger partial charge is 0.381 e. The summed E-state index contributed by atoms with van der Waals surface area (Å²) in [4.78, 5) is 6.06. The molecular formula is C25H33F3N2O. The Bertz CT molecular complexity index is 944. The van der Waals surface area contributed by atoms with Gasteiger partial charge in [0.1, 0.15) is 0 Å². The highest BCUT2D eigenvalue weighted by atomic mass is 19.4. The lowest BCUT2D eigenvalue weighted by molar-refractivity contribution is -0.137. The van der Waals surface area contributed by atoms with Gasteiger partial charge in [-0.15, -0.1) is 0 Å². The first kappa shape index (κ1) is 21.3. The number of H-pyrrole nitrogens is 1. The zero-order chi connectivity index (χ0) is 21.8. The Kier molecular flexibility index (Phi) is 5.37. The van der Waals surface area contributed by atoms with Crippen LogP contribution in [0, 0.1) is 17.3 Å². The minimum absolute atomic E-state index is 0.271. The highest BCUT2D eigenvalue weighted by molar-refractivity contribution is 5.86. The number of likely N-dealkylation sites (tertiary alicyclic amines) is 1. The lowest BCUT2D eigenvalue weighted by Crippen LogP contribution is -2.46. The van der Waals surface area contributed by atoms with Crippen molar-refractivity contribution in [2.45, 2.75) is 58.0 Å². The molecule has 3 atom stereocenters. The van der Waals surface area contributed by atoms with Crippen LogP contribution < -0.4 is 0 Å². The summed E-state index contributed by atoms with van der Waals surface area (Å²) >= 11 is 0. The van der Waals surface area contributed by atoms with Crippen molar-refractivity contribution in [3.8, 4) is 0 Å². The van der Waals surface area contributed by atoms with Gasteiger partial charge in [-0.1, -0.05) is 13.8 Å². The molecule has 0 radical (unpaired) electrons. The number of hydrogen-bond acceptors (Lipinski definition) is 2. The molecule has 31 heavy (non-hydrogen) atoms. The van der Waals surface area contributed by atoms with Crippen molar-refractivity contribution < 1.29 is 17.9 Å². The van der Waals surface area contributed by atoms with Gasteiger partial charge in [0.2, 0.25) is 0 Å². The van der Waals surface area contributed by atoms with E-state index in [4.69, 9.17) is 4.74 Å². The molecule has 1 N–H and O–H groups in total. The molecule has 0 spiro atoms. The van der Waals surface area contributed by atoms with Gasteiger partial charge in [0.25, 0.3) is 0 Å². The molecule has 2 aliphatic heterocycles. The lowest BCUT2D eigenvalue weighted by atomic mass is 9.68. The van der Waals surface area contributed by atoms with E-state index in [-0.39, 0.29) is 5.92 Å². The molecule has 5 rings (SSSR count). The van der Waals surface area contributed by atoms with Crippen LogP contribution in [-0.4, -0.2) is 42.7 Å². The number of aromatic nitrogens is 1. The minimum atomic E-state index is -4.30. The third-order valence-electron chi connectivity index (χ3n) is 8.43. The molecule has 6 heteroatoms. The quantitative estimate of drug-likeness (QED) is 0.643. The average Bonchev–Trinajstić information content (AvgIpc) is 3.10. The Balaban J connectivity index is 1.35. The van der Waals surface area contributed by atoms with E-state index in [1.54, 1.807) is 6.07 Å².